The molecule has 0 aliphatic heterocycles. The first-order valence-corrected chi connectivity index (χ1v) is 6.24. The van der Waals surface area contributed by atoms with Gasteiger partial charge in [0.15, 0.2) is 0 Å². The van der Waals surface area contributed by atoms with E-state index in [9.17, 15) is 14.4 Å². The van der Waals surface area contributed by atoms with Gasteiger partial charge < -0.3 is 20.8 Å². The van der Waals surface area contributed by atoms with Gasteiger partial charge in [-0.15, -0.1) is 0 Å². The van der Waals surface area contributed by atoms with Gasteiger partial charge in [0.05, 0.1) is 6.42 Å². The number of urea groups is 1. The Morgan fingerprint density at radius 3 is 2.21 bits per heavy atom. The number of aliphatic carboxylic acids is 2. The molecule has 0 aromatic heterocycles. The Balaban J connectivity index is 2.59. The van der Waals surface area contributed by atoms with Crippen LogP contribution >= 0.6 is 22.6 Å². The summed E-state index contributed by atoms with van der Waals surface area (Å²) >= 11 is 2.10. The molecule has 4 N–H and O–H groups in total. The van der Waals surface area contributed by atoms with E-state index in [-0.39, 0.29) is 0 Å². The van der Waals surface area contributed by atoms with Crippen molar-refractivity contribution in [1.82, 2.24) is 5.32 Å². The molecular weight excluding hydrogens is 367 g/mol. The van der Waals surface area contributed by atoms with Crippen molar-refractivity contribution < 1.29 is 24.6 Å². The number of carboxylic acids is 2. The summed E-state index contributed by atoms with van der Waals surface area (Å²) in [5.41, 5.74) is 0.484. The second kappa shape index (κ2) is 6.92. The van der Waals surface area contributed by atoms with Gasteiger partial charge in [0.1, 0.15) is 6.04 Å². The molecule has 1 aromatic carbocycles. The van der Waals surface area contributed by atoms with Gasteiger partial charge in [-0.2, -0.15) is 0 Å². The number of hydrogen-bond donors (Lipinski definition) is 4. The van der Waals surface area contributed by atoms with Crippen LogP contribution in [0.4, 0.5) is 10.5 Å². The van der Waals surface area contributed by atoms with Gasteiger partial charge in [-0.3, -0.25) is 4.79 Å². The fourth-order valence-electron chi connectivity index (χ4n) is 1.23. The van der Waals surface area contributed by atoms with Crippen LogP contribution in [0.15, 0.2) is 24.3 Å². The molecule has 102 valence electrons. The molecule has 1 aromatic rings. The predicted octanol–water partition coefficient (Wildman–Crippen LogP) is 1.34. The lowest BCUT2D eigenvalue weighted by atomic mass is 10.2. The Hall–Kier alpha value is -1.84. The first kappa shape index (κ1) is 15.2. The first-order chi connectivity index (χ1) is 8.88. The molecular formula is C11H11IN2O5. The molecule has 19 heavy (non-hydrogen) atoms. The highest BCUT2D eigenvalue weighted by Gasteiger charge is 2.22. The maximum Gasteiger partial charge on any atom is 0.326 e. The van der Waals surface area contributed by atoms with E-state index in [4.69, 9.17) is 10.2 Å². The number of carboxylic acid groups (broad SMARTS) is 2. The average Bonchev–Trinajstić information content (AvgIpc) is 2.30. The van der Waals surface area contributed by atoms with Crippen molar-refractivity contribution in [3.05, 3.63) is 27.8 Å². The van der Waals surface area contributed by atoms with Gasteiger partial charge in [0, 0.05) is 9.26 Å². The lowest BCUT2D eigenvalue weighted by molar-refractivity contribution is -0.145. The summed E-state index contributed by atoms with van der Waals surface area (Å²) in [5.74, 6) is -2.71. The van der Waals surface area contributed by atoms with Crippen molar-refractivity contribution in [2.75, 3.05) is 5.32 Å². The number of carbonyl (C=O) groups is 3. The van der Waals surface area contributed by atoms with E-state index < -0.39 is 30.4 Å². The topological polar surface area (TPSA) is 116 Å². The van der Waals surface area contributed by atoms with Crippen LogP contribution in [-0.2, 0) is 9.59 Å². The van der Waals surface area contributed by atoms with Gasteiger partial charge in [0.25, 0.3) is 0 Å². The van der Waals surface area contributed by atoms with Gasteiger partial charge in [0.2, 0.25) is 0 Å². The molecule has 0 heterocycles. The monoisotopic (exact) mass is 378 g/mol. The van der Waals surface area contributed by atoms with Crippen LogP contribution in [0.2, 0.25) is 0 Å². The number of amides is 2. The van der Waals surface area contributed by atoms with Crippen molar-refractivity contribution >= 4 is 46.2 Å². The Labute approximate surface area is 122 Å². The maximum absolute atomic E-state index is 11.5. The molecule has 0 unspecified atom stereocenters. The average molecular weight is 378 g/mol. The van der Waals surface area contributed by atoms with Crippen molar-refractivity contribution in [2.45, 2.75) is 12.5 Å². The molecule has 7 nitrogen and oxygen atoms in total. The molecule has 0 aliphatic rings. The van der Waals surface area contributed by atoms with Crippen LogP contribution in [0.1, 0.15) is 6.42 Å². The van der Waals surface area contributed by atoms with E-state index in [0.717, 1.165) is 3.57 Å². The molecule has 1 rings (SSSR count). The zero-order chi connectivity index (χ0) is 14.4. The minimum Gasteiger partial charge on any atom is -0.481 e. The molecule has 8 heteroatoms. The lowest BCUT2D eigenvalue weighted by Gasteiger charge is -2.13. The summed E-state index contributed by atoms with van der Waals surface area (Å²) in [7, 11) is 0. The minimum atomic E-state index is -1.47. The van der Waals surface area contributed by atoms with Gasteiger partial charge in [-0.05, 0) is 46.9 Å². The first-order valence-electron chi connectivity index (χ1n) is 5.16. The molecule has 0 radical (unpaired) electrons. The van der Waals surface area contributed by atoms with Gasteiger partial charge >= 0.3 is 18.0 Å². The van der Waals surface area contributed by atoms with E-state index in [1.165, 1.54) is 0 Å². The summed E-state index contributed by atoms with van der Waals surface area (Å²) in [5, 5.41) is 21.8. The number of halogens is 1. The van der Waals surface area contributed by atoms with Crippen LogP contribution in [0.25, 0.3) is 0 Å². The summed E-state index contributed by atoms with van der Waals surface area (Å²) < 4.78 is 0.984. The second-order valence-electron chi connectivity index (χ2n) is 3.59. The predicted molar refractivity (Wildman–Crippen MR) is 75.0 cm³/mol. The van der Waals surface area contributed by atoms with Crippen LogP contribution in [0.3, 0.4) is 0 Å². The van der Waals surface area contributed by atoms with Crippen LogP contribution in [-0.4, -0.2) is 34.2 Å². The number of nitrogens with one attached hydrogen (secondary N) is 2. The van der Waals surface area contributed by atoms with E-state index >= 15 is 0 Å². The van der Waals surface area contributed by atoms with Crippen molar-refractivity contribution in [3.8, 4) is 0 Å². The number of benzene rings is 1. The highest BCUT2D eigenvalue weighted by atomic mass is 127. The number of rotatable bonds is 5. The highest BCUT2D eigenvalue weighted by Crippen LogP contribution is 2.10. The van der Waals surface area contributed by atoms with E-state index in [0.29, 0.717) is 5.69 Å². The smallest absolute Gasteiger partial charge is 0.326 e. The van der Waals surface area contributed by atoms with Crippen LogP contribution in [0.5, 0.6) is 0 Å². The standard InChI is InChI=1S/C11H11IN2O5/c12-6-1-3-7(4-2-6)13-11(19)14-8(10(17)18)5-9(15)16/h1-4,8H,5H2,(H,15,16)(H,17,18)(H2,13,14,19)/t8-/m0/s1. The number of carbonyl (C=O) groups excluding carboxylic acids is 1. The summed E-state index contributed by atoms with van der Waals surface area (Å²) in [6, 6.07) is 4.59. The molecule has 0 saturated carbocycles. The van der Waals surface area contributed by atoms with Gasteiger partial charge in [-0.25, -0.2) is 9.59 Å². The van der Waals surface area contributed by atoms with E-state index in [2.05, 4.69) is 33.2 Å². The second-order valence-corrected chi connectivity index (χ2v) is 4.84. The third kappa shape index (κ3) is 5.55. The molecule has 1 atom stereocenters. The van der Waals surface area contributed by atoms with Crippen molar-refractivity contribution in [3.63, 3.8) is 0 Å². The summed E-state index contributed by atoms with van der Waals surface area (Å²) in [6.07, 6.45) is -0.685. The molecule has 0 aliphatic carbocycles. The maximum atomic E-state index is 11.5. The van der Waals surface area contributed by atoms with Crippen molar-refractivity contribution in [2.24, 2.45) is 0 Å². The Bertz CT molecular complexity index is 488. The van der Waals surface area contributed by atoms with Gasteiger partial charge in [-0.1, -0.05) is 0 Å². The molecule has 0 bridgehead atoms. The quantitative estimate of drug-likeness (QED) is 0.578. The van der Waals surface area contributed by atoms with Crippen LogP contribution < -0.4 is 10.6 Å². The highest BCUT2D eigenvalue weighted by molar-refractivity contribution is 14.1. The zero-order valence-corrected chi connectivity index (χ0v) is 11.7. The molecule has 0 saturated heterocycles. The Morgan fingerprint density at radius 1 is 1.16 bits per heavy atom. The zero-order valence-electron chi connectivity index (χ0n) is 9.59. The fraction of sp³-hybridized carbons (Fsp3) is 0.182. The minimum absolute atomic E-state index is 0.484. The van der Waals surface area contributed by atoms with Crippen LogP contribution in [0, 0.1) is 3.57 Å². The number of anilines is 1. The normalized spacial score (nSPS) is 11.4. The van der Waals surface area contributed by atoms with Crippen molar-refractivity contribution in [1.29, 1.82) is 0 Å². The third-order valence-corrected chi connectivity index (χ3v) is 2.80. The lowest BCUT2D eigenvalue weighted by Crippen LogP contribution is -2.44. The Morgan fingerprint density at radius 2 is 1.74 bits per heavy atom. The van der Waals surface area contributed by atoms with E-state index in [1.807, 2.05) is 0 Å². The molecule has 0 spiro atoms. The molecule has 2 amide bonds. The SMILES string of the molecule is O=C(O)C[C@H](NC(=O)Nc1ccc(I)cc1)C(=O)O. The summed E-state index contributed by atoms with van der Waals surface area (Å²) in [6.45, 7) is 0. The fourth-order valence-corrected chi connectivity index (χ4v) is 1.59. The largest absolute Gasteiger partial charge is 0.481 e. The Kier molecular flexibility index (Phi) is 5.55. The molecule has 0 fully saturated rings. The third-order valence-electron chi connectivity index (χ3n) is 2.08. The number of hydrogen-bond acceptors (Lipinski definition) is 3. The summed E-state index contributed by atoms with van der Waals surface area (Å²) in [4.78, 5) is 32.7. The van der Waals surface area contributed by atoms with E-state index in [1.54, 1.807) is 24.3 Å².